The molecule has 2 heterocycles. The number of rotatable bonds is 6. The standard InChI is InChI=1S/C41H67BN4O3/c1-30-37-36(38(44(3)39(30)47)43(2)33-23-15-9-5-10-16-24-33)40(48)46(34-25-17-11-6-12-18-26-34)41(49)45(37)35-27-19-22-32(28-29-35)42-31-20-13-7-4-8-14-21-31/h31-35,42H,4-29H2,1-3H3. The van der Waals surface area contributed by atoms with Gasteiger partial charge in [-0.15, -0.1) is 0 Å². The quantitative estimate of drug-likeness (QED) is 0.226. The molecule has 0 bridgehead atoms. The van der Waals surface area contributed by atoms with Crippen molar-refractivity contribution in [2.75, 3.05) is 11.9 Å². The van der Waals surface area contributed by atoms with Gasteiger partial charge in [0, 0.05) is 37.8 Å². The summed E-state index contributed by atoms with van der Waals surface area (Å²) >= 11 is 0. The van der Waals surface area contributed by atoms with Crippen LogP contribution < -0.4 is 21.7 Å². The van der Waals surface area contributed by atoms with Crippen molar-refractivity contribution in [2.45, 2.75) is 204 Å². The summed E-state index contributed by atoms with van der Waals surface area (Å²) in [5.41, 5.74) is 0.802. The Hall–Kier alpha value is -2.25. The van der Waals surface area contributed by atoms with Gasteiger partial charge in [-0.3, -0.25) is 23.3 Å². The molecular weight excluding hydrogens is 607 g/mol. The SMILES string of the molecule is Cc1c(=O)n(C)c(N(C)C2CCCCCCC2)c2c(=O)n(C3CCCCCCC3)c(=O)n(C3CCCC(BC4CCCCCCC4)CC3)c12. The first-order valence-electron chi connectivity index (χ1n) is 21.0. The molecule has 0 aliphatic heterocycles. The van der Waals surface area contributed by atoms with Gasteiger partial charge in [-0.05, 0) is 45.4 Å². The van der Waals surface area contributed by atoms with Crippen LogP contribution in [0.25, 0.3) is 10.9 Å². The molecule has 4 aliphatic carbocycles. The normalized spacial score (nSPS) is 25.0. The maximum Gasteiger partial charge on any atom is 0.332 e. The van der Waals surface area contributed by atoms with E-state index in [9.17, 15) is 4.79 Å². The van der Waals surface area contributed by atoms with Crippen LogP contribution in [-0.2, 0) is 7.05 Å². The van der Waals surface area contributed by atoms with Crippen molar-refractivity contribution in [3.8, 4) is 0 Å². The molecular formula is C41H67BN4O3. The van der Waals surface area contributed by atoms with Crippen molar-refractivity contribution in [1.82, 2.24) is 13.7 Å². The van der Waals surface area contributed by atoms with Crippen LogP contribution in [0.1, 0.15) is 185 Å². The van der Waals surface area contributed by atoms with Crippen LogP contribution in [0.15, 0.2) is 14.4 Å². The minimum Gasteiger partial charge on any atom is -0.357 e. The van der Waals surface area contributed by atoms with Crippen molar-refractivity contribution in [2.24, 2.45) is 7.05 Å². The number of fused-ring (bicyclic) bond motifs is 1. The van der Waals surface area contributed by atoms with Gasteiger partial charge in [-0.25, -0.2) is 4.79 Å². The Bertz CT molecular complexity index is 1550. The lowest BCUT2D eigenvalue weighted by Gasteiger charge is -2.34. The van der Waals surface area contributed by atoms with Crippen molar-refractivity contribution < 1.29 is 0 Å². The summed E-state index contributed by atoms with van der Waals surface area (Å²) in [7, 11) is 5.29. The molecule has 0 amide bonds. The lowest BCUT2D eigenvalue weighted by Crippen LogP contribution is -2.46. The van der Waals surface area contributed by atoms with Crippen LogP contribution in [-0.4, -0.2) is 34.1 Å². The van der Waals surface area contributed by atoms with E-state index in [-0.39, 0.29) is 34.9 Å². The molecule has 2 atom stereocenters. The fourth-order valence-corrected chi connectivity index (χ4v) is 10.7. The topological polar surface area (TPSA) is 69.2 Å². The highest BCUT2D eigenvalue weighted by atomic mass is 16.2. The van der Waals surface area contributed by atoms with Crippen molar-refractivity contribution >= 4 is 24.0 Å². The average Bonchev–Trinajstić information content (AvgIpc) is 3.27. The Balaban J connectivity index is 1.46. The van der Waals surface area contributed by atoms with Crippen LogP contribution >= 0.6 is 0 Å². The van der Waals surface area contributed by atoms with E-state index in [0.29, 0.717) is 22.3 Å². The predicted molar refractivity (Wildman–Crippen MR) is 207 cm³/mol. The number of nitrogens with zero attached hydrogens (tertiary/aromatic N) is 4. The van der Waals surface area contributed by atoms with E-state index in [1.165, 1.54) is 110 Å². The number of aryl methyl sites for hydroxylation is 1. The van der Waals surface area contributed by atoms with Crippen LogP contribution in [0.3, 0.4) is 0 Å². The number of pyridine rings is 1. The van der Waals surface area contributed by atoms with Gasteiger partial charge < -0.3 is 4.90 Å². The molecule has 0 aromatic carbocycles. The van der Waals surface area contributed by atoms with Gasteiger partial charge in [-0.1, -0.05) is 140 Å². The van der Waals surface area contributed by atoms with Crippen LogP contribution in [0.2, 0.25) is 11.6 Å². The lowest BCUT2D eigenvalue weighted by atomic mass is 9.50. The van der Waals surface area contributed by atoms with Crippen LogP contribution in [0, 0.1) is 6.92 Å². The van der Waals surface area contributed by atoms with Crippen molar-refractivity contribution in [3.05, 3.63) is 36.8 Å². The second-order valence-electron chi connectivity index (χ2n) is 16.9. The average molecular weight is 675 g/mol. The third kappa shape index (κ3) is 8.30. The van der Waals surface area contributed by atoms with E-state index >= 15 is 9.59 Å². The van der Waals surface area contributed by atoms with Crippen LogP contribution in [0.4, 0.5) is 5.82 Å². The molecule has 49 heavy (non-hydrogen) atoms. The van der Waals surface area contributed by atoms with E-state index in [4.69, 9.17) is 0 Å². The molecule has 2 aromatic heterocycles. The van der Waals surface area contributed by atoms with Gasteiger partial charge in [0.05, 0.1) is 5.52 Å². The highest BCUT2D eigenvalue weighted by molar-refractivity contribution is 6.39. The molecule has 8 heteroatoms. The molecule has 2 unspecified atom stereocenters. The smallest absolute Gasteiger partial charge is 0.332 e. The van der Waals surface area contributed by atoms with Gasteiger partial charge in [0.25, 0.3) is 11.1 Å². The van der Waals surface area contributed by atoms with Gasteiger partial charge in [0.15, 0.2) is 0 Å². The summed E-state index contributed by atoms with van der Waals surface area (Å²) in [5.74, 6) is 2.29. The molecule has 2 aromatic rings. The van der Waals surface area contributed by atoms with E-state index in [2.05, 4.69) is 11.9 Å². The van der Waals surface area contributed by atoms with Crippen LogP contribution in [0.5, 0.6) is 0 Å². The van der Waals surface area contributed by atoms with E-state index < -0.39 is 0 Å². The molecule has 7 nitrogen and oxygen atoms in total. The zero-order valence-corrected chi connectivity index (χ0v) is 31.5. The van der Waals surface area contributed by atoms with Gasteiger partial charge >= 0.3 is 5.69 Å². The maximum absolute atomic E-state index is 15.0. The van der Waals surface area contributed by atoms with Gasteiger partial charge in [0.1, 0.15) is 18.5 Å². The first kappa shape index (κ1) is 36.5. The Kier molecular flexibility index (Phi) is 12.9. The molecule has 4 fully saturated rings. The summed E-state index contributed by atoms with van der Waals surface area (Å²) in [5, 5.41) is 0.612. The summed E-state index contributed by atoms with van der Waals surface area (Å²) in [6.07, 6.45) is 30.9. The van der Waals surface area contributed by atoms with Gasteiger partial charge in [0.2, 0.25) is 0 Å². The molecule has 4 saturated carbocycles. The summed E-state index contributed by atoms with van der Waals surface area (Å²) < 4.78 is 5.46. The molecule has 4 aliphatic rings. The fraction of sp³-hybridized carbons (Fsp3) is 0.829. The lowest BCUT2D eigenvalue weighted by molar-refractivity contribution is 0.337. The maximum atomic E-state index is 15.0. The first-order valence-corrected chi connectivity index (χ1v) is 21.0. The minimum atomic E-state index is -0.163. The first-order chi connectivity index (χ1) is 23.9. The van der Waals surface area contributed by atoms with Gasteiger partial charge in [-0.2, -0.15) is 0 Å². The predicted octanol–water partition coefficient (Wildman–Crippen LogP) is 9.27. The zero-order valence-electron chi connectivity index (χ0n) is 31.5. The third-order valence-electron chi connectivity index (χ3n) is 13.6. The number of hydrogen-bond acceptors (Lipinski definition) is 4. The summed E-state index contributed by atoms with van der Waals surface area (Å²) in [6.45, 7) is 1.87. The molecule has 0 spiro atoms. The largest absolute Gasteiger partial charge is 0.357 e. The van der Waals surface area contributed by atoms with E-state index in [1.807, 2.05) is 18.5 Å². The zero-order chi connectivity index (χ0) is 34.3. The van der Waals surface area contributed by atoms with Crippen molar-refractivity contribution in [1.29, 1.82) is 0 Å². The Labute approximate surface area is 296 Å². The highest BCUT2D eigenvalue weighted by Gasteiger charge is 2.32. The molecule has 6 rings (SSSR count). The summed E-state index contributed by atoms with van der Waals surface area (Å²) in [6, 6.07) is 0.215. The number of hydrogen-bond donors (Lipinski definition) is 0. The third-order valence-corrected chi connectivity index (χ3v) is 13.6. The van der Waals surface area contributed by atoms with Crippen molar-refractivity contribution in [3.63, 3.8) is 0 Å². The van der Waals surface area contributed by atoms with E-state index in [1.54, 1.807) is 9.13 Å². The Morgan fingerprint density at radius 3 is 1.63 bits per heavy atom. The fourth-order valence-electron chi connectivity index (χ4n) is 10.7. The second kappa shape index (κ2) is 17.3. The summed E-state index contributed by atoms with van der Waals surface area (Å²) in [4.78, 5) is 46.4. The molecule has 0 radical (unpaired) electrons. The molecule has 0 N–H and O–H groups in total. The van der Waals surface area contributed by atoms with E-state index in [0.717, 1.165) is 75.8 Å². The number of aromatic nitrogens is 3. The minimum absolute atomic E-state index is 0.0168. The Morgan fingerprint density at radius 1 is 0.551 bits per heavy atom. The highest BCUT2D eigenvalue weighted by Crippen LogP contribution is 2.39. The second-order valence-corrected chi connectivity index (χ2v) is 16.9. The molecule has 0 saturated heterocycles. The Morgan fingerprint density at radius 2 is 1.02 bits per heavy atom. The number of anilines is 1. The monoisotopic (exact) mass is 675 g/mol. The molecule has 272 valence electrons.